The molecule has 1 spiro atoms. The van der Waals surface area contributed by atoms with Crippen LogP contribution in [-0.2, 0) is 15.1 Å². The van der Waals surface area contributed by atoms with Crippen LogP contribution in [0.3, 0.4) is 0 Å². The molecule has 0 saturated heterocycles. The SMILES string of the molecule is CCCN1C(=O)[C@@]2(c3ccccc31)c1c(oc3cc(C)c(C)cc3c1=O)C(=O)N2CCCOC(C)C. The molecule has 0 N–H and O–H groups in total. The van der Waals surface area contributed by atoms with Crippen molar-refractivity contribution in [2.75, 3.05) is 24.6 Å². The molecule has 0 aliphatic carbocycles. The lowest BCUT2D eigenvalue weighted by atomic mass is 9.83. The molecule has 188 valence electrons. The molecule has 1 aromatic heterocycles. The maximum atomic E-state index is 14.4. The molecule has 1 atom stereocenters. The quantitative estimate of drug-likeness (QED) is 0.451. The van der Waals surface area contributed by atoms with Crippen molar-refractivity contribution in [1.82, 2.24) is 4.90 Å². The number of benzene rings is 2. The molecule has 0 saturated carbocycles. The predicted octanol–water partition coefficient (Wildman–Crippen LogP) is 4.68. The van der Waals surface area contributed by atoms with Crippen LogP contribution in [-0.4, -0.2) is 42.5 Å². The van der Waals surface area contributed by atoms with Crippen LogP contribution in [0, 0.1) is 13.8 Å². The van der Waals surface area contributed by atoms with E-state index in [1.165, 1.54) is 0 Å². The monoisotopic (exact) mass is 488 g/mol. The van der Waals surface area contributed by atoms with Crippen molar-refractivity contribution >= 4 is 28.5 Å². The van der Waals surface area contributed by atoms with Gasteiger partial charge < -0.3 is 19.0 Å². The summed E-state index contributed by atoms with van der Waals surface area (Å²) in [6, 6.07) is 11.1. The maximum Gasteiger partial charge on any atom is 0.291 e. The van der Waals surface area contributed by atoms with E-state index in [0.29, 0.717) is 36.1 Å². The summed E-state index contributed by atoms with van der Waals surface area (Å²) in [5.41, 5.74) is 1.90. The third kappa shape index (κ3) is 3.33. The normalized spacial score (nSPS) is 18.7. The zero-order valence-corrected chi connectivity index (χ0v) is 21.5. The van der Waals surface area contributed by atoms with Gasteiger partial charge in [-0.15, -0.1) is 0 Å². The maximum absolute atomic E-state index is 14.4. The second kappa shape index (κ2) is 8.89. The van der Waals surface area contributed by atoms with Crippen LogP contribution in [0.2, 0.25) is 0 Å². The topological polar surface area (TPSA) is 80.1 Å². The Labute approximate surface area is 210 Å². The van der Waals surface area contributed by atoms with Gasteiger partial charge in [-0.2, -0.15) is 0 Å². The summed E-state index contributed by atoms with van der Waals surface area (Å²) in [7, 11) is 0. The molecule has 7 nitrogen and oxygen atoms in total. The third-order valence-electron chi connectivity index (χ3n) is 7.28. The van der Waals surface area contributed by atoms with Crippen LogP contribution < -0.4 is 10.3 Å². The number of nitrogens with zero attached hydrogens (tertiary/aromatic N) is 2. The first kappa shape index (κ1) is 24.3. The molecule has 36 heavy (non-hydrogen) atoms. The summed E-state index contributed by atoms with van der Waals surface area (Å²) < 4.78 is 11.9. The van der Waals surface area contributed by atoms with E-state index in [1.807, 2.05) is 58.9 Å². The standard InChI is InChI=1S/C29H32N2O5/c1-6-12-30-22-11-8-7-10-21(22)29(28(30)34)24-25(32)20-15-18(4)19(5)16-23(20)36-26(24)27(33)31(29)13-9-14-35-17(2)3/h7-8,10-11,15-17H,6,9,12-14H2,1-5H3/t29-/m1/s1. The Hall–Kier alpha value is -3.45. The summed E-state index contributed by atoms with van der Waals surface area (Å²) >= 11 is 0. The van der Waals surface area contributed by atoms with E-state index in [-0.39, 0.29) is 35.3 Å². The first-order chi connectivity index (χ1) is 17.2. The average Bonchev–Trinajstić information content (AvgIpc) is 3.23. The van der Waals surface area contributed by atoms with Gasteiger partial charge in [-0.25, -0.2) is 0 Å². The van der Waals surface area contributed by atoms with Crippen molar-refractivity contribution in [3.8, 4) is 0 Å². The van der Waals surface area contributed by atoms with Crippen LogP contribution in [0.5, 0.6) is 0 Å². The Morgan fingerprint density at radius 3 is 2.47 bits per heavy atom. The van der Waals surface area contributed by atoms with E-state index in [0.717, 1.165) is 23.2 Å². The van der Waals surface area contributed by atoms with Gasteiger partial charge in [0.15, 0.2) is 11.0 Å². The van der Waals surface area contributed by atoms with E-state index >= 15 is 0 Å². The Balaban J connectivity index is 1.79. The van der Waals surface area contributed by atoms with Gasteiger partial charge in [-0.1, -0.05) is 25.1 Å². The smallest absolute Gasteiger partial charge is 0.291 e. The fourth-order valence-corrected chi connectivity index (χ4v) is 5.53. The lowest BCUT2D eigenvalue weighted by Crippen LogP contribution is -2.53. The minimum absolute atomic E-state index is 0.0398. The first-order valence-electron chi connectivity index (χ1n) is 12.7. The van der Waals surface area contributed by atoms with E-state index in [9.17, 15) is 14.4 Å². The molecule has 2 aliphatic rings. The summed E-state index contributed by atoms with van der Waals surface area (Å²) in [5, 5.41) is 0.383. The number of hydrogen-bond acceptors (Lipinski definition) is 5. The molecule has 0 unspecified atom stereocenters. The van der Waals surface area contributed by atoms with Gasteiger partial charge in [0.25, 0.3) is 11.8 Å². The Bertz CT molecular complexity index is 1440. The van der Waals surface area contributed by atoms with Gasteiger partial charge >= 0.3 is 0 Å². The van der Waals surface area contributed by atoms with Gasteiger partial charge in [0.2, 0.25) is 5.76 Å². The molecule has 0 fully saturated rings. The van der Waals surface area contributed by atoms with Crippen LogP contribution >= 0.6 is 0 Å². The van der Waals surface area contributed by atoms with Crippen LogP contribution in [0.1, 0.15) is 66.4 Å². The fourth-order valence-electron chi connectivity index (χ4n) is 5.53. The van der Waals surface area contributed by atoms with E-state index < -0.39 is 11.4 Å². The molecule has 2 aliphatic heterocycles. The second-order valence-corrected chi connectivity index (χ2v) is 9.98. The molecule has 3 aromatic rings. The lowest BCUT2D eigenvalue weighted by molar-refractivity contribution is -0.126. The summed E-state index contributed by atoms with van der Waals surface area (Å²) in [4.78, 5) is 45.7. The highest BCUT2D eigenvalue weighted by Gasteiger charge is 2.64. The van der Waals surface area contributed by atoms with Gasteiger partial charge in [-0.3, -0.25) is 14.4 Å². The summed E-state index contributed by atoms with van der Waals surface area (Å²) in [6.07, 6.45) is 1.32. The van der Waals surface area contributed by atoms with Crippen LogP contribution in [0.15, 0.2) is 45.6 Å². The Morgan fingerprint density at radius 2 is 1.75 bits per heavy atom. The second-order valence-electron chi connectivity index (χ2n) is 9.98. The highest BCUT2D eigenvalue weighted by molar-refractivity contribution is 6.17. The highest BCUT2D eigenvalue weighted by atomic mass is 16.5. The first-order valence-corrected chi connectivity index (χ1v) is 12.7. The number of rotatable bonds is 7. The number of anilines is 1. The highest BCUT2D eigenvalue weighted by Crippen LogP contribution is 2.52. The third-order valence-corrected chi connectivity index (χ3v) is 7.28. The van der Waals surface area contributed by atoms with E-state index in [2.05, 4.69) is 0 Å². The predicted molar refractivity (Wildman–Crippen MR) is 139 cm³/mol. The van der Waals surface area contributed by atoms with Crippen LogP contribution in [0.4, 0.5) is 5.69 Å². The van der Waals surface area contributed by atoms with Crippen molar-refractivity contribution < 1.29 is 18.7 Å². The molecule has 0 radical (unpaired) electrons. The lowest BCUT2D eigenvalue weighted by Gasteiger charge is -2.34. The number of para-hydroxylation sites is 1. The summed E-state index contributed by atoms with van der Waals surface area (Å²) in [6.45, 7) is 11.0. The molecule has 7 heteroatoms. The van der Waals surface area contributed by atoms with Gasteiger partial charge in [0.1, 0.15) is 5.58 Å². The number of amides is 2. The molecule has 2 amide bonds. The van der Waals surface area contributed by atoms with Crippen molar-refractivity contribution in [1.29, 1.82) is 0 Å². The van der Waals surface area contributed by atoms with E-state index in [1.54, 1.807) is 21.9 Å². The Kier molecular flexibility index (Phi) is 5.99. The molecule has 3 heterocycles. The number of ether oxygens (including phenoxy) is 1. The van der Waals surface area contributed by atoms with Crippen molar-refractivity contribution in [2.45, 2.75) is 59.1 Å². The number of carbonyl (C=O) groups excluding carboxylic acids is 2. The molecule has 0 bridgehead atoms. The molecule has 2 aromatic carbocycles. The van der Waals surface area contributed by atoms with Crippen molar-refractivity contribution in [3.05, 3.63) is 74.6 Å². The minimum atomic E-state index is -1.55. The van der Waals surface area contributed by atoms with Gasteiger partial charge in [0.05, 0.1) is 22.7 Å². The minimum Gasteiger partial charge on any atom is -0.450 e. The van der Waals surface area contributed by atoms with Gasteiger partial charge in [-0.05, 0) is 69.9 Å². The van der Waals surface area contributed by atoms with Crippen molar-refractivity contribution in [3.63, 3.8) is 0 Å². The van der Waals surface area contributed by atoms with Crippen molar-refractivity contribution in [2.24, 2.45) is 0 Å². The Morgan fingerprint density at radius 1 is 1.03 bits per heavy atom. The largest absolute Gasteiger partial charge is 0.450 e. The van der Waals surface area contributed by atoms with Gasteiger partial charge in [0, 0.05) is 25.3 Å². The fraction of sp³-hybridized carbons (Fsp3) is 0.414. The number of aryl methyl sites for hydroxylation is 2. The number of hydrogen-bond donors (Lipinski definition) is 0. The average molecular weight is 489 g/mol. The van der Waals surface area contributed by atoms with Crippen LogP contribution in [0.25, 0.3) is 11.0 Å². The zero-order chi connectivity index (χ0) is 25.8. The zero-order valence-electron chi connectivity index (χ0n) is 21.5. The molecule has 5 rings (SSSR count). The number of fused-ring (bicyclic) bond motifs is 5. The molecular weight excluding hydrogens is 456 g/mol. The van der Waals surface area contributed by atoms with E-state index in [4.69, 9.17) is 9.15 Å². The number of carbonyl (C=O) groups is 2. The molecular formula is C29H32N2O5. The summed E-state index contributed by atoms with van der Waals surface area (Å²) in [5.74, 6) is -0.756.